The van der Waals surface area contributed by atoms with E-state index >= 15 is 0 Å². The van der Waals surface area contributed by atoms with Crippen LogP contribution in [-0.4, -0.2) is 37.2 Å². The van der Waals surface area contributed by atoms with E-state index in [9.17, 15) is 14.4 Å². The van der Waals surface area contributed by atoms with Gasteiger partial charge >= 0.3 is 17.9 Å². The van der Waals surface area contributed by atoms with Gasteiger partial charge in [0.05, 0.1) is 0 Å². The number of allylic oxidation sites excluding steroid dienone is 12. The first-order chi connectivity index (χ1) is 31.0. The fraction of sp³-hybridized carbons (Fsp3) is 0.737. The van der Waals surface area contributed by atoms with Crippen molar-refractivity contribution in [1.29, 1.82) is 0 Å². The van der Waals surface area contributed by atoms with Crippen LogP contribution in [-0.2, 0) is 28.6 Å². The number of rotatable bonds is 47. The van der Waals surface area contributed by atoms with Crippen molar-refractivity contribution in [3.05, 3.63) is 72.9 Å². The van der Waals surface area contributed by atoms with Crippen molar-refractivity contribution < 1.29 is 28.6 Å². The zero-order chi connectivity index (χ0) is 45.8. The molecular weight excluding hydrogens is 781 g/mol. The molecular formula is C57H98O6. The highest BCUT2D eigenvalue weighted by Gasteiger charge is 2.19. The van der Waals surface area contributed by atoms with Crippen LogP contribution in [0.15, 0.2) is 72.9 Å². The van der Waals surface area contributed by atoms with E-state index in [0.717, 1.165) is 83.5 Å². The summed E-state index contributed by atoms with van der Waals surface area (Å²) in [5.41, 5.74) is 0. The SMILES string of the molecule is CCCCC/C=C\C/C=C\C/C=C\CCCCC(=O)O[C@H](COC(=O)CCCCCCC/C=C\CCCCCC)COC(=O)CCCCCCCCC/C=C\C/C=C\CCCCC. The standard InChI is InChI=1S/C57H98O6/c1-4-7-10-13-16-19-22-25-27-28-30-32-35-38-41-44-47-50-56(59)62-53-54(52-61-55(58)49-46-43-40-37-34-31-24-21-18-15-12-9-6-3)63-57(60)51-48-45-42-39-36-33-29-26-23-20-17-14-11-8-5-2/h16-17,19-21,24-27,29,36,39,54H,4-15,18,22-23,28,30-35,37-38,40-53H2,1-3H3/b19-16-,20-17-,24-21-,27-25-,29-26-,39-36-/t54-/m1/s1. The summed E-state index contributed by atoms with van der Waals surface area (Å²) < 4.78 is 16.8. The highest BCUT2D eigenvalue weighted by molar-refractivity contribution is 5.71. The van der Waals surface area contributed by atoms with E-state index in [2.05, 4.69) is 93.7 Å². The Morgan fingerprint density at radius 2 is 0.571 bits per heavy atom. The van der Waals surface area contributed by atoms with E-state index in [1.807, 2.05) is 0 Å². The molecule has 0 spiro atoms. The number of unbranched alkanes of at least 4 members (excludes halogenated alkanes) is 24. The van der Waals surface area contributed by atoms with Crippen LogP contribution >= 0.6 is 0 Å². The largest absolute Gasteiger partial charge is 0.462 e. The highest BCUT2D eigenvalue weighted by atomic mass is 16.6. The molecule has 63 heavy (non-hydrogen) atoms. The third-order valence-electron chi connectivity index (χ3n) is 11.2. The van der Waals surface area contributed by atoms with Gasteiger partial charge in [-0.2, -0.15) is 0 Å². The maximum Gasteiger partial charge on any atom is 0.306 e. The Bertz CT molecular complexity index is 1190. The summed E-state index contributed by atoms with van der Waals surface area (Å²) >= 11 is 0. The van der Waals surface area contributed by atoms with Crippen LogP contribution in [0.25, 0.3) is 0 Å². The van der Waals surface area contributed by atoms with Gasteiger partial charge in [-0.15, -0.1) is 0 Å². The fourth-order valence-electron chi connectivity index (χ4n) is 7.12. The summed E-state index contributed by atoms with van der Waals surface area (Å²) in [6.07, 6.45) is 64.5. The van der Waals surface area contributed by atoms with Crippen LogP contribution in [0.3, 0.4) is 0 Å². The molecule has 0 aromatic carbocycles. The molecule has 0 rings (SSSR count). The second-order valence-electron chi connectivity index (χ2n) is 17.4. The smallest absolute Gasteiger partial charge is 0.306 e. The van der Waals surface area contributed by atoms with Gasteiger partial charge in [0.25, 0.3) is 0 Å². The Kier molecular flexibility index (Phi) is 48.9. The molecule has 0 N–H and O–H groups in total. The zero-order valence-electron chi connectivity index (χ0n) is 41.3. The first-order valence-corrected chi connectivity index (χ1v) is 26.4. The average molecular weight is 879 g/mol. The van der Waals surface area contributed by atoms with Crippen LogP contribution in [0.4, 0.5) is 0 Å². The summed E-state index contributed by atoms with van der Waals surface area (Å²) in [5.74, 6) is -0.950. The maximum atomic E-state index is 12.8. The van der Waals surface area contributed by atoms with Crippen molar-refractivity contribution in [2.75, 3.05) is 13.2 Å². The van der Waals surface area contributed by atoms with Gasteiger partial charge in [-0.3, -0.25) is 14.4 Å². The monoisotopic (exact) mass is 879 g/mol. The van der Waals surface area contributed by atoms with Gasteiger partial charge in [0, 0.05) is 19.3 Å². The minimum absolute atomic E-state index is 0.0976. The zero-order valence-corrected chi connectivity index (χ0v) is 41.3. The number of carbonyl (C=O) groups is 3. The molecule has 1 atom stereocenters. The van der Waals surface area contributed by atoms with Crippen LogP contribution in [0.2, 0.25) is 0 Å². The lowest BCUT2D eigenvalue weighted by atomic mass is 10.1. The topological polar surface area (TPSA) is 78.9 Å². The lowest BCUT2D eigenvalue weighted by Crippen LogP contribution is -2.30. The van der Waals surface area contributed by atoms with Gasteiger partial charge in [0.1, 0.15) is 13.2 Å². The van der Waals surface area contributed by atoms with Gasteiger partial charge in [0.15, 0.2) is 6.10 Å². The molecule has 0 saturated heterocycles. The van der Waals surface area contributed by atoms with Crippen molar-refractivity contribution in [2.45, 2.75) is 258 Å². The molecule has 0 fully saturated rings. The summed E-state index contributed by atoms with van der Waals surface area (Å²) in [4.78, 5) is 38.0. The van der Waals surface area contributed by atoms with Crippen LogP contribution in [0, 0.1) is 0 Å². The number of ether oxygens (including phenoxy) is 3. The van der Waals surface area contributed by atoms with Crippen molar-refractivity contribution in [2.24, 2.45) is 0 Å². The summed E-state index contributed by atoms with van der Waals surface area (Å²) in [5, 5.41) is 0. The van der Waals surface area contributed by atoms with Gasteiger partial charge in [-0.25, -0.2) is 0 Å². The number of hydrogen-bond donors (Lipinski definition) is 0. The molecule has 0 aromatic rings. The Hall–Kier alpha value is -3.15. The average Bonchev–Trinajstić information content (AvgIpc) is 3.28. The molecule has 0 amide bonds. The predicted octanol–water partition coefficient (Wildman–Crippen LogP) is 17.4. The molecule has 0 unspecified atom stereocenters. The predicted molar refractivity (Wildman–Crippen MR) is 270 cm³/mol. The summed E-state index contributed by atoms with van der Waals surface area (Å²) in [6, 6.07) is 0. The normalized spacial score (nSPS) is 12.6. The van der Waals surface area contributed by atoms with E-state index in [1.165, 1.54) is 122 Å². The van der Waals surface area contributed by atoms with E-state index in [4.69, 9.17) is 14.2 Å². The van der Waals surface area contributed by atoms with E-state index in [1.54, 1.807) is 0 Å². The Morgan fingerprint density at radius 3 is 0.968 bits per heavy atom. The number of esters is 3. The molecule has 0 aliphatic heterocycles. The molecule has 0 bridgehead atoms. The highest BCUT2D eigenvalue weighted by Crippen LogP contribution is 2.13. The summed E-state index contributed by atoms with van der Waals surface area (Å²) in [7, 11) is 0. The number of hydrogen-bond acceptors (Lipinski definition) is 6. The van der Waals surface area contributed by atoms with Gasteiger partial charge in [-0.05, 0) is 116 Å². The fourth-order valence-corrected chi connectivity index (χ4v) is 7.12. The quantitative estimate of drug-likeness (QED) is 0.0262. The molecule has 6 nitrogen and oxygen atoms in total. The first kappa shape index (κ1) is 59.9. The van der Waals surface area contributed by atoms with E-state index in [0.29, 0.717) is 19.3 Å². The molecule has 0 aliphatic rings. The van der Waals surface area contributed by atoms with Crippen molar-refractivity contribution in [3.63, 3.8) is 0 Å². The molecule has 0 heterocycles. The lowest BCUT2D eigenvalue weighted by Gasteiger charge is -2.18. The van der Waals surface area contributed by atoms with Gasteiger partial charge in [-0.1, -0.05) is 190 Å². The van der Waals surface area contributed by atoms with E-state index in [-0.39, 0.29) is 37.5 Å². The van der Waals surface area contributed by atoms with Crippen molar-refractivity contribution in [3.8, 4) is 0 Å². The van der Waals surface area contributed by atoms with Crippen molar-refractivity contribution >= 4 is 17.9 Å². The van der Waals surface area contributed by atoms with Crippen LogP contribution < -0.4 is 0 Å². The van der Waals surface area contributed by atoms with Gasteiger partial charge in [0.2, 0.25) is 0 Å². The Labute approximate surface area is 389 Å². The molecule has 0 aromatic heterocycles. The third kappa shape index (κ3) is 49.7. The minimum atomic E-state index is -0.801. The van der Waals surface area contributed by atoms with Gasteiger partial charge < -0.3 is 14.2 Å². The maximum absolute atomic E-state index is 12.8. The molecule has 362 valence electrons. The minimum Gasteiger partial charge on any atom is -0.462 e. The van der Waals surface area contributed by atoms with Crippen LogP contribution in [0.1, 0.15) is 252 Å². The van der Waals surface area contributed by atoms with Crippen LogP contribution in [0.5, 0.6) is 0 Å². The molecule has 0 saturated carbocycles. The Balaban J connectivity index is 4.46. The number of carbonyl (C=O) groups excluding carboxylic acids is 3. The third-order valence-corrected chi connectivity index (χ3v) is 11.2. The molecule has 6 heteroatoms. The first-order valence-electron chi connectivity index (χ1n) is 26.4. The molecule has 0 aliphatic carbocycles. The molecule has 0 radical (unpaired) electrons. The summed E-state index contributed by atoms with van der Waals surface area (Å²) in [6.45, 7) is 6.52. The van der Waals surface area contributed by atoms with Crippen molar-refractivity contribution in [1.82, 2.24) is 0 Å². The second kappa shape index (κ2) is 51.5. The lowest BCUT2D eigenvalue weighted by molar-refractivity contribution is -0.167. The Morgan fingerprint density at radius 1 is 0.317 bits per heavy atom. The second-order valence-corrected chi connectivity index (χ2v) is 17.4. The van der Waals surface area contributed by atoms with E-state index < -0.39 is 6.10 Å².